The van der Waals surface area contributed by atoms with Crippen LogP contribution in [0.3, 0.4) is 0 Å². The minimum Gasteiger partial charge on any atom is -0.350 e. The summed E-state index contributed by atoms with van der Waals surface area (Å²) in [6.07, 6.45) is 4.03. The molecule has 0 aliphatic carbocycles. The van der Waals surface area contributed by atoms with Gasteiger partial charge in [0.1, 0.15) is 6.54 Å². The lowest BCUT2D eigenvalue weighted by Crippen LogP contribution is -2.40. The molecule has 0 unspecified atom stereocenters. The van der Waals surface area contributed by atoms with Gasteiger partial charge in [-0.2, -0.15) is 4.31 Å². The van der Waals surface area contributed by atoms with Crippen LogP contribution in [-0.2, 0) is 35.0 Å². The summed E-state index contributed by atoms with van der Waals surface area (Å²) in [5.74, 6) is -0.421. The molecule has 0 radical (unpaired) electrons. The standard InChI is InChI=1S/C19H24N4O5S/c1-21-18(25)8-11-22(19(21)26)14-17(24)20-13-15-6-5-7-16(12-15)29(27,28)23-9-3-2-4-10-23/h5-8,11-12H,2-4,9-10,13-14H2,1H3,(H,20,24). The smallest absolute Gasteiger partial charge is 0.331 e. The van der Waals surface area contributed by atoms with Crippen molar-refractivity contribution in [3.63, 3.8) is 0 Å². The molecule has 1 aromatic carbocycles. The average molecular weight is 420 g/mol. The highest BCUT2D eigenvalue weighted by Gasteiger charge is 2.25. The number of aromatic nitrogens is 2. The zero-order valence-electron chi connectivity index (χ0n) is 16.2. The predicted octanol–water partition coefficient (Wildman–Crippen LogP) is 0.0380. The molecule has 0 saturated carbocycles. The van der Waals surface area contributed by atoms with E-state index >= 15 is 0 Å². The third-order valence-electron chi connectivity index (χ3n) is 4.92. The second-order valence-corrected chi connectivity index (χ2v) is 8.95. The summed E-state index contributed by atoms with van der Waals surface area (Å²) in [6.45, 7) is 0.941. The van der Waals surface area contributed by atoms with E-state index in [1.807, 2.05) is 0 Å². The second kappa shape index (κ2) is 8.75. The highest BCUT2D eigenvalue weighted by Crippen LogP contribution is 2.21. The van der Waals surface area contributed by atoms with E-state index in [1.54, 1.807) is 24.3 Å². The molecule has 0 bridgehead atoms. The molecule has 1 N–H and O–H groups in total. The Labute approximate surface area is 168 Å². The monoisotopic (exact) mass is 420 g/mol. The number of sulfonamides is 1. The highest BCUT2D eigenvalue weighted by atomic mass is 32.2. The molecule has 1 aliphatic rings. The number of hydrogen-bond acceptors (Lipinski definition) is 5. The molecule has 1 amide bonds. The average Bonchev–Trinajstić information content (AvgIpc) is 2.73. The number of piperidine rings is 1. The van der Waals surface area contributed by atoms with Crippen molar-refractivity contribution in [2.45, 2.75) is 37.2 Å². The van der Waals surface area contributed by atoms with E-state index in [0.717, 1.165) is 28.4 Å². The topological polar surface area (TPSA) is 110 Å². The quantitative estimate of drug-likeness (QED) is 0.709. The van der Waals surface area contributed by atoms with E-state index in [2.05, 4.69) is 5.32 Å². The Morgan fingerprint density at radius 1 is 1.10 bits per heavy atom. The summed E-state index contributed by atoms with van der Waals surface area (Å²) in [6, 6.07) is 7.70. The number of hydrogen-bond donors (Lipinski definition) is 1. The zero-order valence-corrected chi connectivity index (χ0v) is 17.0. The number of nitrogens with zero attached hydrogens (tertiary/aromatic N) is 3. The van der Waals surface area contributed by atoms with Crippen LogP contribution in [0.4, 0.5) is 0 Å². The van der Waals surface area contributed by atoms with Crippen molar-refractivity contribution in [2.24, 2.45) is 7.05 Å². The lowest BCUT2D eigenvalue weighted by atomic mass is 10.2. The van der Waals surface area contributed by atoms with Crippen LogP contribution in [0.1, 0.15) is 24.8 Å². The van der Waals surface area contributed by atoms with Gasteiger partial charge in [-0.1, -0.05) is 18.6 Å². The SMILES string of the molecule is Cn1c(=O)ccn(CC(=O)NCc2cccc(S(=O)(=O)N3CCCCC3)c2)c1=O. The van der Waals surface area contributed by atoms with E-state index in [4.69, 9.17) is 0 Å². The number of benzene rings is 1. The fraction of sp³-hybridized carbons (Fsp3) is 0.421. The van der Waals surface area contributed by atoms with Gasteiger partial charge < -0.3 is 5.32 Å². The van der Waals surface area contributed by atoms with Crippen LogP contribution in [0.25, 0.3) is 0 Å². The maximum absolute atomic E-state index is 12.8. The molecule has 1 saturated heterocycles. The molecule has 0 atom stereocenters. The maximum atomic E-state index is 12.8. The molecule has 3 rings (SSSR count). The molecule has 2 aromatic rings. The Bertz CT molecular complexity index is 1110. The van der Waals surface area contributed by atoms with Gasteiger partial charge in [-0.15, -0.1) is 0 Å². The van der Waals surface area contributed by atoms with Crippen molar-refractivity contribution in [3.05, 3.63) is 62.9 Å². The number of nitrogens with one attached hydrogen (secondary N) is 1. The summed E-state index contributed by atoms with van der Waals surface area (Å²) in [4.78, 5) is 35.8. The van der Waals surface area contributed by atoms with Gasteiger partial charge >= 0.3 is 5.69 Å². The van der Waals surface area contributed by atoms with Crippen molar-refractivity contribution in [1.82, 2.24) is 18.8 Å². The van der Waals surface area contributed by atoms with Gasteiger partial charge in [0.2, 0.25) is 15.9 Å². The van der Waals surface area contributed by atoms with Crippen LogP contribution < -0.4 is 16.6 Å². The van der Waals surface area contributed by atoms with Crippen molar-refractivity contribution < 1.29 is 13.2 Å². The molecule has 29 heavy (non-hydrogen) atoms. The van der Waals surface area contributed by atoms with E-state index in [-0.39, 0.29) is 18.0 Å². The van der Waals surface area contributed by atoms with Crippen LogP contribution in [0, 0.1) is 0 Å². The third-order valence-corrected chi connectivity index (χ3v) is 6.81. The molecule has 1 aromatic heterocycles. The van der Waals surface area contributed by atoms with Crippen LogP contribution >= 0.6 is 0 Å². The molecule has 0 spiro atoms. The molecule has 2 heterocycles. The van der Waals surface area contributed by atoms with Crippen molar-refractivity contribution in [1.29, 1.82) is 0 Å². The Morgan fingerprint density at radius 3 is 2.55 bits per heavy atom. The van der Waals surface area contributed by atoms with Gasteiger partial charge in [0.15, 0.2) is 0 Å². The Morgan fingerprint density at radius 2 is 1.83 bits per heavy atom. The van der Waals surface area contributed by atoms with E-state index < -0.39 is 27.2 Å². The number of rotatable bonds is 6. The lowest BCUT2D eigenvalue weighted by Gasteiger charge is -2.26. The summed E-state index contributed by atoms with van der Waals surface area (Å²) in [7, 11) is -2.20. The molecular formula is C19H24N4O5S. The predicted molar refractivity (Wildman–Crippen MR) is 107 cm³/mol. The molecule has 1 fully saturated rings. The second-order valence-electron chi connectivity index (χ2n) is 7.01. The van der Waals surface area contributed by atoms with E-state index in [9.17, 15) is 22.8 Å². The minimum atomic E-state index is -3.54. The van der Waals surface area contributed by atoms with Gasteiger partial charge in [0.25, 0.3) is 5.56 Å². The van der Waals surface area contributed by atoms with E-state index in [0.29, 0.717) is 18.7 Å². The van der Waals surface area contributed by atoms with Gasteiger partial charge in [0, 0.05) is 38.9 Å². The highest BCUT2D eigenvalue weighted by molar-refractivity contribution is 7.89. The normalized spacial score (nSPS) is 15.2. The summed E-state index contributed by atoms with van der Waals surface area (Å²) in [5, 5.41) is 2.67. The first-order chi connectivity index (χ1) is 13.8. The first kappa shape index (κ1) is 21.0. The summed E-state index contributed by atoms with van der Waals surface area (Å²) in [5.41, 5.74) is -0.384. The van der Waals surface area contributed by atoms with Gasteiger partial charge in [-0.25, -0.2) is 13.2 Å². The fourth-order valence-corrected chi connectivity index (χ4v) is 4.81. The largest absolute Gasteiger partial charge is 0.350 e. The first-order valence-electron chi connectivity index (χ1n) is 9.41. The zero-order chi connectivity index (χ0) is 21.0. The Kier molecular flexibility index (Phi) is 6.33. The van der Waals surface area contributed by atoms with Crippen LogP contribution in [0.2, 0.25) is 0 Å². The Balaban J connectivity index is 1.66. The van der Waals surface area contributed by atoms with Crippen LogP contribution in [-0.4, -0.2) is 40.9 Å². The van der Waals surface area contributed by atoms with Crippen LogP contribution in [0.15, 0.2) is 51.0 Å². The molecule has 9 nitrogen and oxygen atoms in total. The fourth-order valence-electron chi connectivity index (χ4n) is 3.22. The first-order valence-corrected chi connectivity index (χ1v) is 10.9. The van der Waals surface area contributed by atoms with Crippen LogP contribution in [0.5, 0.6) is 0 Å². The van der Waals surface area contributed by atoms with Crippen molar-refractivity contribution >= 4 is 15.9 Å². The van der Waals surface area contributed by atoms with Gasteiger partial charge in [0.05, 0.1) is 4.90 Å². The van der Waals surface area contributed by atoms with Crippen molar-refractivity contribution in [2.75, 3.05) is 13.1 Å². The summed E-state index contributed by atoms with van der Waals surface area (Å²) >= 11 is 0. The molecule has 1 aliphatic heterocycles. The lowest BCUT2D eigenvalue weighted by molar-refractivity contribution is -0.121. The van der Waals surface area contributed by atoms with E-state index in [1.165, 1.54) is 23.6 Å². The number of amides is 1. The number of carbonyl (C=O) groups is 1. The molecule has 156 valence electrons. The minimum absolute atomic E-state index is 0.128. The Hall–Kier alpha value is -2.72. The molecule has 10 heteroatoms. The third kappa shape index (κ3) is 4.83. The van der Waals surface area contributed by atoms with Gasteiger partial charge in [-0.3, -0.25) is 18.7 Å². The summed E-state index contributed by atoms with van der Waals surface area (Å²) < 4.78 is 29.1. The van der Waals surface area contributed by atoms with Crippen molar-refractivity contribution in [3.8, 4) is 0 Å². The van der Waals surface area contributed by atoms with Gasteiger partial charge in [-0.05, 0) is 30.5 Å². The maximum Gasteiger partial charge on any atom is 0.331 e. The number of carbonyl (C=O) groups excluding carboxylic acids is 1. The molecular weight excluding hydrogens is 396 g/mol.